The van der Waals surface area contributed by atoms with Crippen molar-refractivity contribution in [2.24, 2.45) is 5.92 Å². The number of amides is 2. The minimum Gasteiger partial charge on any atom is -0.373 e. The van der Waals surface area contributed by atoms with Crippen LogP contribution >= 0.6 is 0 Å². The van der Waals surface area contributed by atoms with Gasteiger partial charge in [0.05, 0.1) is 12.2 Å². The molecule has 34 heavy (non-hydrogen) atoms. The first kappa shape index (κ1) is 25.8. The first-order chi connectivity index (χ1) is 16.1. The summed E-state index contributed by atoms with van der Waals surface area (Å²) < 4.78 is 33.6. The molecule has 2 N–H and O–H groups in total. The lowest BCUT2D eigenvalue weighted by molar-refractivity contribution is -0.124. The highest BCUT2D eigenvalue weighted by atomic mass is 19.1. The van der Waals surface area contributed by atoms with E-state index in [1.165, 1.54) is 11.6 Å². The lowest BCUT2D eigenvalue weighted by Crippen LogP contribution is -2.49. The zero-order valence-electron chi connectivity index (χ0n) is 20.1. The number of carbonyl (C=O) groups is 2. The van der Waals surface area contributed by atoms with Crippen molar-refractivity contribution in [1.29, 1.82) is 0 Å². The van der Waals surface area contributed by atoms with Crippen molar-refractivity contribution in [3.63, 3.8) is 0 Å². The summed E-state index contributed by atoms with van der Waals surface area (Å²) in [7, 11) is 0. The van der Waals surface area contributed by atoms with E-state index in [4.69, 9.17) is 4.74 Å². The molecule has 2 aromatic rings. The number of nitrogens with zero attached hydrogens (tertiary/aromatic N) is 1. The van der Waals surface area contributed by atoms with Crippen LogP contribution < -0.4 is 10.6 Å². The van der Waals surface area contributed by atoms with Gasteiger partial charge < -0.3 is 15.4 Å². The molecule has 0 bridgehead atoms. The third-order valence-corrected chi connectivity index (χ3v) is 5.82. The van der Waals surface area contributed by atoms with E-state index in [9.17, 15) is 18.4 Å². The summed E-state index contributed by atoms with van der Waals surface area (Å²) in [5.41, 5.74) is 1.39. The van der Waals surface area contributed by atoms with Crippen molar-refractivity contribution >= 4 is 11.8 Å². The Balaban J connectivity index is 1.56. The normalized spacial score (nSPS) is 19.6. The molecule has 2 aromatic carbocycles. The Kier molecular flexibility index (Phi) is 8.74. The van der Waals surface area contributed by atoms with E-state index in [1.807, 2.05) is 24.3 Å². The molecule has 3 atom stereocenters. The van der Waals surface area contributed by atoms with Gasteiger partial charge in [-0.1, -0.05) is 44.2 Å². The molecule has 1 heterocycles. The van der Waals surface area contributed by atoms with Crippen molar-refractivity contribution in [3.8, 4) is 0 Å². The predicted molar refractivity (Wildman–Crippen MR) is 126 cm³/mol. The van der Waals surface area contributed by atoms with Crippen molar-refractivity contribution in [3.05, 3.63) is 70.8 Å². The van der Waals surface area contributed by atoms with Crippen LogP contribution in [0.25, 0.3) is 0 Å². The van der Waals surface area contributed by atoms with Gasteiger partial charge in [0.15, 0.2) is 0 Å². The van der Waals surface area contributed by atoms with Gasteiger partial charge in [-0.15, -0.1) is 0 Å². The van der Waals surface area contributed by atoms with Crippen LogP contribution in [0.3, 0.4) is 0 Å². The zero-order valence-corrected chi connectivity index (χ0v) is 20.1. The van der Waals surface area contributed by atoms with Gasteiger partial charge in [0.25, 0.3) is 5.91 Å². The van der Waals surface area contributed by atoms with Gasteiger partial charge >= 0.3 is 0 Å². The van der Waals surface area contributed by atoms with Crippen LogP contribution in [-0.2, 0) is 22.6 Å². The third kappa shape index (κ3) is 6.84. The van der Waals surface area contributed by atoms with Crippen LogP contribution in [-0.4, -0.2) is 48.1 Å². The van der Waals surface area contributed by atoms with Crippen LogP contribution in [0.1, 0.15) is 49.2 Å². The van der Waals surface area contributed by atoms with Crippen molar-refractivity contribution in [2.45, 2.75) is 59.0 Å². The molecule has 1 saturated heterocycles. The Bertz CT molecular complexity index is 967. The van der Waals surface area contributed by atoms with Crippen molar-refractivity contribution in [1.82, 2.24) is 15.5 Å². The fraction of sp³-hybridized carbons (Fsp3) is 0.462. The topological polar surface area (TPSA) is 70.7 Å². The number of hydrogen-bond donors (Lipinski definition) is 2. The Morgan fingerprint density at radius 2 is 1.56 bits per heavy atom. The van der Waals surface area contributed by atoms with Gasteiger partial charge in [0.1, 0.15) is 23.2 Å². The molecule has 0 aromatic heterocycles. The van der Waals surface area contributed by atoms with E-state index in [0.29, 0.717) is 0 Å². The number of carbonyl (C=O) groups excluding carboxylic acids is 2. The second kappa shape index (κ2) is 11.5. The summed E-state index contributed by atoms with van der Waals surface area (Å²) in [6.45, 7) is 10.6. The summed E-state index contributed by atoms with van der Waals surface area (Å²) in [6.07, 6.45) is 0.421. The fourth-order valence-electron chi connectivity index (χ4n) is 4.20. The minimum atomic E-state index is -0.971. The quantitative estimate of drug-likeness (QED) is 0.614. The van der Waals surface area contributed by atoms with E-state index in [1.54, 1.807) is 13.8 Å². The second-order valence-corrected chi connectivity index (χ2v) is 9.28. The summed E-state index contributed by atoms with van der Waals surface area (Å²) in [5.74, 6) is -3.59. The molecule has 1 aliphatic heterocycles. The maximum atomic E-state index is 13.9. The van der Waals surface area contributed by atoms with E-state index in [-0.39, 0.29) is 24.7 Å². The monoisotopic (exact) mass is 473 g/mol. The number of ether oxygens (including phenoxy) is 1. The Morgan fingerprint density at radius 3 is 2.12 bits per heavy atom. The third-order valence-electron chi connectivity index (χ3n) is 5.82. The molecule has 1 fully saturated rings. The van der Waals surface area contributed by atoms with Crippen LogP contribution in [0.4, 0.5) is 8.78 Å². The van der Waals surface area contributed by atoms with Gasteiger partial charge in [0.2, 0.25) is 5.91 Å². The molecule has 6 nitrogen and oxygen atoms in total. The van der Waals surface area contributed by atoms with Gasteiger partial charge in [-0.05, 0) is 43.0 Å². The van der Waals surface area contributed by atoms with Crippen molar-refractivity contribution < 1.29 is 23.1 Å². The molecule has 184 valence electrons. The molecule has 0 saturated carbocycles. The van der Waals surface area contributed by atoms with Crippen LogP contribution in [0.2, 0.25) is 0 Å². The minimum absolute atomic E-state index is 0.211. The fourth-order valence-corrected chi connectivity index (χ4v) is 4.20. The van der Waals surface area contributed by atoms with Gasteiger partial charge in [-0.25, -0.2) is 8.78 Å². The average molecular weight is 474 g/mol. The number of nitrogens with one attached hydrogen (secondary N) is 2. The Morgan fingerprint density at radius 1 is 1.00 bits per heavy atom. The van der Waals surface area contributed by atoms with Crippen LogP contribution in [0.5, 0.6) is 0 Å². The van der Waals surface area contributed by atoms with Gasteiger partial charge in [0, 0.05) is 26.2 Å². The van der Waals surface area contributed by atoms with Crippen LogP contribution in [0.15, 0.2) is 42.5 Å². The Labute approximate surface area is 199 Å². The summed E-state index contributed by atoms with van der Waals surface area (Å²) in [4.78, 5) is 27.6. The molecular formula is C26H33F2N3O3. The number of benzene rings is 2. The maximum Gasteiger partial charge on any atom is 0.257 e. The second-order valence-electron chi connectivity index (χ2n) is 9.28. The molecule has 8 heteroatoms. The molecule has 0 spiro atoms. The number of hydrogen-bond acceptors (Lipinski definition) is 4. The SMILES string of the molecule is CC1CN(Cc2ccc(CNC(=O)[C@@H](NC(=O)c3c(F)cccc3F)C(C)C)cc2)CC(C)O1. The lowest BCUT2D eigenvalue weighted by Gasteiger charge is -2.35. The average Bonchev–Trinajstić information content (AvgIpc) is 2.76. The largest absolute Gasteiger partial charge is 0.373 e. The standard InChI is InChI=1S/C26H33F2N3O3/c1-16(2)24(30-25(32)23-21(27)6-5-7-22(23)28)26(33)29-12-19-8-10-20(11-9-19)15-31-13-17(3)34-18(4)14-31/h5-11,16-18,24H,12-15H2,1-4H3,(H,29,33)(H,30,32)/t17?,18?,24-/m0/s1. The number of rotatable bonds is 8. The van der Waals surface area contributed by atoms with E-state index >= 15 is 0 Å². The molecule has 1 aliphatic rings. The molecular weight excluding hydrogens is 440 g/mol. The van der Waals surface area contributed by atoms with Gasteiger partial charge in [-0.3, -0.25) is 14.5 Å². The molecule has 2 unspecified atom stereocenters. The first-order valence-corrected chi connectivity index (χ1v) is 11.6. The molecule has 3 rings (SSSR count). The van der Waals surface area contributed by atoms with E-state index in [0.717, 1.165) is 37.3 Å². The van der Waals surface area contributed by atoms with Crippen LogP contribution in [0, 0.1) is 17.6 Å². The maximum absolute atomic E-state index is 13.9. The lowest BCUT2D eigenvalue weighted by atomic mass is 10.0. The van der Waals surface area contributed by atoms with E-state index < -0.39 is 35.1 Å². The molecule has 0 radical (unpaired) electrons. The van der Waals surface area contributed by atoms with E-state index in [2.05, 4.69) is 29.4 Å². The highest BCUT2D eigenvalue weighted by molar-refractivity contribution is 5.98. The smallest absolute Gasteiger partial charge is 0.257 e. The number of halogens is 2. The summed E-state index contributed by atoms with van der Waals surface area (Å²) in [5, 5.41) is 5.28. The highest BCUT2D eigenvalue weighted by Crippen LogP contribution is 2.16. The molecule has 0 aliphatic carbocycles. The summed E-state index contributed by atoms with van der Waals surface area (Å²) in [6, 6.07) is 10.3. The van der Waals surface area contributed by atoms with Gasteiger partial charge in [-0.2, -0.15) is 0 Å². The first-order valence-electron chi connectivity index (χ1n) is 11.6. The van der Waals surface area contributed by atoms with Crippen molar-refractivity contribution in [2.75, 3.05) is 13.1 Å². The predicted octanol–water partition coefficient (Wildman–Crippen LogP) is 3.64. The zero-order chi connectivity index (χ0) is 24.8. The molecule has 2 amide bonds. The summed E-state index contributed by atoms with van der Waals surface area (Å²) >= 11 is 0. The highest BCUT2D eigenvalue weighted by Gasteiger charge is 2.27. The number of morpholine rings is 1. The Hall–Kier alpha value is -2.84.